The lowest BCUT2D eigenvalue weighted by atomic mass is 9.88. The summed E-state index contributed by atoms with van der Waals surface area (Å²) in [5.41, 5.74) is 1.01. The lowest BCUT2D eigenvalue weighted by molar-refractivity contribution is -0.137. The molecule has 3 rings (SSSR count). The van der Waals surface area contributed by atoms with E-state index in [1.165, 1.54) is 6.07 Å². The zero-order chi connectivity index (χ0) is 12.8. The number of hydrogen-bond acceptors (Lipinski definition) is 2. The van der Waals surface area contributed by atoms with E-state index >= 15 is 0 Å². The standard InChI is InChI=1S/C13H14F3NO/c14-13(15,16)9-3-4-10-8(6-9)7-18-11-2-1-5-17-12(10)11/h3-4,6,11-12,17H,1-2,5,7H2/t11-,12-/m1/s1. The van der Waals surface area contributed by atoms with Gasteiger partial charge in [-0.05, 0) is 42.6 Å². The molecule has 0 aliphatic carbocycles. The molecule has 2 aliphatic heterocycles. The van der Waals surface area contributed by atoms with Crippen LogP contribution in [0, 0.1) is 0 Å². The van der Waals surface area contributed by atoms with Crippen molar-refractivity contribution < 1.29 is 17.9 Å². The van der Waals surface area contributed by atoms with Crippen molar-refractivity contribution >= 4 is 0 Å². The molecule has 1 aromatic carbocycles. The molecular formula is C13H14F3NO. The first-order chi connectivity index (χ1) is 8.55. The molecular weight excluding hydrogens is 243 g/mol. The Bertz CT molecular complexity index is 458. The third kappa shape index (κ3) is 2.01. The molecule has 1 aromatic rings. The van der Waals surface area contributed by atoms with Gasteiger partial charge in [0, 0.05) is 0 Å². The van der Waals surface area contributed by atoms with Gasteiger partial charge in [-0.25, -0.2) is 0 Å². The van der Waals surface area contributed by atoms with Crippen molar-refractivity contribution in [3.63, 3.8) is 0 Å². The van der Waals surface area contributed by atoms with Gasteiger partial charge in [0.15, 0.2) is 0 Å². The van der Waals surface area contributed by atoms with Crippen molar-refractivity contribution in [2.24, 2.45) is 0 Å². The molecule has 18 heavy (non-hydrogen) atoms. The van der Waals surface area contributed by atoms with Crippen molar-refractivity contribution in [1.82, 2.24) is 5.32 Å². The first kappa shape index (κ1) is 12.0. The van der Waals surface area contributed by atoms with E-state index in [9.17, 15) is 13.2 Å². The van der Waals surface area contributed by atoms with Crippen LogP contribution in [0.5, 0.6) is 0 Å². The monoisotopic (exact) mass is 257 g/mol. The predicted octanol–water partition coefficient (Wildman–Crippen LogP) is 3.03. The van der Waals surface area contributed by atoms with Crippen LogP contribution in [0.3, 0.4) is 0 Å². The summed E-state index contributed by atoms with van der Waals surface area (Å²) in [6, 6.07) is 4.01. The van der Waals surface area contributed by atoms with E-state index in [1.54, 1.807) is 6.07 Å². The number of halogens is 3. The molecule has 0 unspecified atom stereocenters. The predicted molar refractivity (Wildman–Crippen MR) is 60.0 cm³/mol. The van der Waals surface area contributed by atoms with Crippen LogP contribution in [-0.2, 0) is 17.5 Å². The van der Waals surface area contributed by atoms with Gasteiger partial charge in [0.1, 0.15) is 0 Å². The molecule has 0 bridgehead atoms. The topological polar surface area (TPSA) is 21.3 Å². The van der Waals surface area contributed by atoms with E-state index in [0.29, 0.717) is 5.56 Å². The van der Waals surface area contributed by atoms with Crippen LogP contribution in [0.25, 0.3) is 0 Å². The van der Waals surface area contributed by atoms with Crippen LogP contribution in [-0.4, -0.2) is 12.6 Å². The number of nitrogens with one attached hydrogen (secondary N) is 1. The molecule has 2 heterocycles. The zero-order valence-corrected chi connectivity index (χ0v) is 9.76. The third-order valence-corrected chi connectivity index (χ3v) is 3.66. The number of rotatable bonds is 0. The summed E-state index contributed by atoms with van der Waals surface area (Å²) in [5, 5.41) is 3.33. The van der Waals surface area contributed by atoms with Gasteiger partial charge in [0.05, 0.1) is 24.3 Å². The smallest absolute Gasteiger partial charge is 0.372 e. The van der Waals surface area contributed by atoms with Gasteiger partial charge in [0.25, 0.3) is 0 Å². The summed E-state index contributed by atoms with van der Waals surface area (Å²) in [5.74, 6) is 0. The summed E-state index contributed by atoms with van der Waals surface area (Å²) in [6.07, 6.45) is -2.16. The lowest BCUT2D eigenvalue weighted by Crippen LogP contribution is -2.42. The molecule has 1 saturated heterocycles. The van der Waals surface area contributed by atoms with Crippen molar-refractivity contribution in [2.45, 2.75) is 37.8 Å². The van der Waals surface area contributed by atoms with Gasteiger partial charge in [0.2, 0.25) is 0 Å². The number of benzene rings is 1. The quantitative estimate of drug-likeness (QED) is 0.771. The second-order valence-electron chi connectivity index (χ2n) is 4.83. The number of piperidine rings is 1. The molecule has 0 radical (unpaired) electrons. The van der Waals surface area contributed by atoms with E-state index < -0.39 is 11.7 Å². The minimum atomic E-state index is -4.29. The summed E-state index contributed by atoms with van der Waals surface area (Å²) < 4.78 is 43.5. The van der Waals surface area contributed by atoms with Crippen LogP contribution < -0.4 is 5.32 Å². The molecule has 0 aromatic heterocycles. The largest absolute Gasteiger partial charge is 0.416 e. The first-order valence-corrected chi connectivity index (χ1v) is 6.11. The molecule has 5 heteroatoms. The first-order valence-electron chi connectivity index (χ1n) is 6.11. The fraction of sp³-hybridized carbons (Fsp3) is 0.538. The Balaban J connectivity index is 1.96. The molecule has 0 spiro atoms. The van der Waals surface area contributed by atoms with E-state index in [2.05, 4.69) is 5.32 Å². The maximum absolute atomic E-state index is 12.6. The highest BCUT2D eigenvalue weighted by atomic mass is 19.4. The fourth-order valence-corrected chi connectivity index (χ4v) is 2.76. The minimum Gasteiger partial charge on any atom is -0.372 e. The second-order valence-corrected chi connectivity index (χ2v) is 4.83. The lowest BCUT2D eigenvalue weighted by Gasteiger charge is -2.38. The molecule has 2 nitrogen and oxygen atoms in total. The fourth-order valence-electron chi connectivity index (χ4n) is 2.76. The van der Waals surface area contributed by atoms with Crippen LogP contribution in [0.2, 0.25) is 0 Å². The summed E-state index contributed by atoms with van der Waals surface area (Å²) in [4.78, 5) is 0. The minimum absolute atomic E-state index is 0.0461. The van der Waals surface area contributed by atoms with Gasteiger partial charge in [-0.15, -0.1) is 0 Å². The number of hydrogen-bond donors (Lipinski definition) is 1. The van der Waals surface area contributed by atoms with Crippen LogP contribution in [0.4, 0.5) is 13.2 Å². The second kappa shape index (κ2) is 4.24. The highest BCUT2D eigenvalue weighted by Crippen LogP contribution is 2.37. The Morgan fingerprint density at radius 3 is 2.89 bits per heavy atom. The molecule has 0 amide bonds. The Kier molecular flexibility index (Phi) is 2.83. The molecule has 2 atom stereocenters. The normalized spacial score (nSPS) is 27.5. The Morgan fingerprint density at radius 2 is 2.11 bits per heavy atom. The molecule has 2 aliphatic rings. The SMILES string of the molecule is FC(F)(F)c1ccc2c(c1)CO[C@@H]1CCCN[C@H]21. The van der Waals surface area contributed by atoms with Gasteiger partial charge in [-0.1, -0.05) is 6.07 Å². The van der Waals surface area contributed by atoms with Gasteiger partial charge >= 0.3 is 6.18 Å². The summed E-state index contributed by atoms with van der Waals surface area (Å²) in [7, 11) is 0. The maximum Gasteiger partial charge on any atom is 0.416 e. The number of alkyl halides is 3. The van der Waals surface area contributed by atoms with E-state index in [0.717, 1.165) is 31.0 Å². The molecule has 98 valence electrons. The van der Waals surface area contributed by atoms with Crippen LogP contribution in [0.1, 0.15) is 35.6 Å². The van der Waals surface area contributed by atoms with Gasteiger partial charge < -0.3 is 10.1 Å². The highest BCUT2D eigenvalue weighted by molar-refractivity contribution is 5.37. The van der Waals surface area contributed by atoms with Crippen LogP contribution in [0.15, 0.2) is 18.2 Å². The number of ether oxygens (including phenoxy) is 1. The Labute approximate surface area is 103 Å². The average molecular weight is 257 g/mol. The van der Waals surface area contributed by atoms with E-state index in [1.807, 2.05) is 0 Å². The van der Waals surface area contributed by atoms with Crippen molar-refractivity contribution in [3.8, 4) is 0 Å². The van der Waals surface area contributed by atoms with Crippen molar-refractivity contribution in [1.29, 1.82) is 0 Å². The maximum atomic E-state index is 12.6. The Hall–Kier alpha value is -1.07. The van der Waals surface area contributed by atoms with Crippen molar-refractivity contribution in [2.75, 3.05) is 6.54 Å². The van der Waals surface area contributed by atoms with Gasteiger partial charge in [-0.3, -0.25) is 0 Å². The number of fused-ring (bicyclic) bond motifs is 3. The average Bonchev–Trinajstić information content (AvgIpc) is 2.37. The third-order valence-electron chi connectivity index (χ3n) is 3.66. The molecule has 1 N–H and O–H groups in total. The van der Waals surface area contributed by atoms with E-state index in [4.69, 9.17) is 4.74 Å². The zero-order valence-electron chi connectivity index (χ0n) is 9.76. The summed E-state index contributed by atoms with van der Waals surface area (Å²) in [6.45, 7) is 1.17. The highest BCUT2D eigenvalue weighted by Gasteiger charge is 2.35. The summed E-state index contributed by atoms with van der Waals surface area (Å²) >= 11 is 0. The van der Waals surface area contributed by atoms with E-state index in [-0.39, 0.29) is 18.8 Å². The molecule has 0 saturated carbocycles. The van der Waals surface area contributed by atoms with Crippen LogP contribution >= 0.6 is 0 Å². The van der Waals surface area contributed by atoms with Gasteiger partial charge in [-0.2, -0.15) is 13.2 Å². The Morgan fingerprint density at radius 1 is 1.28 bits per heavy atom. The molecule has 1 fully saturated rings. The van der Waals surface area contributed by atoms with Crippen molar-refractivity contribution in [3.05, 3.63) is 34.9 Å².